The minimum atomic E-state index is -0.408. The van der Waals surface area contributed by atoms with E-state index in [1.807, 2.05) is 0 Å². The zero-order valence-corrected chi connectivity index (χ0v) is 14.1. The van der Waals surface area contributed by atoms with Crippen molar-refractivity contribution in [2.45, 2.75) is 102 Å². The van der Waals surface area contributed by atoms with Crippen LogP contribution >= 0.6 is 0 Å². The van der Waals surface area contributed by atoms with Crippen LogP contribution < -0.4 is 0 Å². The van der Waals surface area contributed by atoms with Crippen LogP contribution in [0, 0.1) is 16.2 Å². The van der Waals surface area contributed by atoms with Crippen LogP contribution in [0.2, 0.25) is 0 Å². The summed E-state index contributed by atoms with van der Waals surface area (Å²) in [6.45, 7) is 0. The molecule has 0 aromatic heterocycles. The molecule has 5 aliphatic rings. The normalized spacial score (nSPS) is 45.0. The minimum Gasteiger partial charge on any atom is -0.385 e. The Labute approximate surface area is 135 Å². The minimum absolute atomic E-state index is 0.280. The van der Waals surface area contributed by atoms with E-state index in [0.717, 1.165) is 6.42 Å². The molecule has 0 saturated heterocycles. The molecule has 5 aliphatic carbocycles. The molecule has 0 aromatic rings. The standard InChI is InChI=1S/C21H32O/c22-21(17-7-5-10-18(17)8-1-2-9-18)16-15-20(21)14-6-13-19(20)11-3-4-12-19/h7,22H,1-6,8-16H2/t20-,21+/m0/s1. The molecule has 122 valence electrons. The van der Waals surface area contributed by atoms with Gasteiger partial charge in [-0.1, -0.05) is 38.2 Å². The molecule has 5 rings (SSSR count). The van der Waals surface area contributed by atoms with Gasteiger partial charge in [0.15, 0.2) is 0 Å². The summed E-state index contributed by atoms with van der Waals surface area (Å²) in [7, 11) is 0. The van der Waals surface area contributed by atoms with Crippen LogP contribution in [-0.4, -0.2) is 10.7 Å². The van der Waals surface area contributed by atoms with Crippen molar-refractivity contribution in [3.8, 4) is 0 Å². The molecule has 1 heteroatoms. The summed E-state index contributed by atoms with van der Waals surface area (Å²) in [5.41, 5.74) is 2.36. The highest BCUT2D eigenvalue weighted by atomic mass is 16.3. The van der Waals surface area contributed by atoms with Gasteiger partial charge < -0.3 is 5.11 Å². The quantitative estimate of drug-likeness (QED) is 0.632. The Morgan fingerprint density at radius 1 is 0.682 bits per heavy atom. The van der Waals surface area contributed by atoms with E-state index in [1.165, 1.54) is 89.9 Å². The Morgan fingerprint density at radius 3 is 2.05 bits per heavy atom. The van der Waals surface area contributed by atoms with Crippen molar-refractivity contribution in [2.24, 2.45) is 16.2 Å². The predicted octanol–water partition coefficient (Wildman–Crippen LogP) is 5.52. The van der Waals surface area contributed by atoms with Gasteiger partial charge in [0.05, 0.1) is 5.60 Å². The fraction of sp³-hybridized carbons (Fsp3) is 0.905. The lowest BCUT2D eigenvalue weighted by molar-refractivity contribution is -0.200. The summed E-state index contributed by atoms with van der Waals surface area (Å²) in [6.07, 6.45) is 22.8. The molecule has 0 aromatic carbocycles. The molecule has 0 bridgehead atoms. The third-order valence-corrected chi connectivity index (χ3v) is 9.09. The lowest BCUT2D eigenvalue weighted by atomic mass is 9.42. The number of hydrogen-bond donors (Lipinski definition) is 1. The summed E-state index contributed by atoms with van der Waals surface area (Å²) < 4.78 is 0. The Bertz CT molecular complexity index is 500. The molecule has 2 atom stereocenters. The Hall–Kier alpha value is -0.300. The van der Waals surface area contributed by atoms with Crippen molar-refractivity contribution >= 4 is 0 Å². The number of hydrogen-bond acceptors (Lipinski definition) is 1. The van der Waals surface area contributed by atoms with E-state index in [4.69, 9.17) is 0 Å². The lowest BCUT2D eigenvalue weighted by Gasteiger charge is -2.64. The van der Waals surface area contributed by atoms with Crippen LogP contribution in [0.15, 0.2) is 11.6 Å². The maximum Gasteiger partial charge on any atom is 0.0923 e. The van der Waals surface area contributed by atoms with E-state index >= 15 is 0 Å². The van der Waals surface area contributed by atoms with Gasteiger partial charge in [-0.2, -0.15) is 0 Å². The molecular formula is C21H32O. The molecule has 0 aliphatic heterocycles. The molecule has 4 saturated carbocycles. The zero-order chi connectivity index (χ0) is 14.9. The number of aliphatic hydroxyl groups is 1. The van der Waals surface area contributed by atoms with E-state index in [-0.39, 0.29) is 5.41 Å². The number of fused-ring (bicyclic) bond motifs is 1. The van der Waals surface area contributed by atoms with E-state index < -0.39 is 5.60 Å². The fourth-order valence-corrected chi connectivity index (χ4v) is 8.13. The summed E-state index contributed by atoms with van der Waals surface area (Å²) in [6, 6.07) is 0. The van der Waals surface area contributed by atoms with Gasteiger partial charge >= 0.3 is 0 Å². The van der Waals surface area contributed by atoms with Gasteiger partial charge in [0, 0.05) is 5.41 Å². The molecule has 22 heavy (non-hydrogen) atoms. The summed E-state index contributed by atoms with van der Waals surface area (Å²) in [4.78, 5) is 0. The first-order valence-corrected chi connectivity index (χ1v) is 10.1. The molecule has 1 N–H and O–H groups in total. The summed E-state index contributed by atoms with van der Waals surface area (Å²) in [5.74, 6) is 0. The second kappa shape index (κ2) is 4.41. The zero-order valence-electron chi connectivity index (χ0n) is 14.1. The van der Waals surface area contributed by atoms with Crippen LogP contribution in [0.5, 0.6) is 0 Å². The first-order valence-electron chi connectivity index (χ1n) is 10.1. The smallest absolute Gasteiger partial charge is 0.0923 e. The highest BCUT2D eigenvalue weighted by molar-refractivity contribution is 5.39. The summed E-state index contributed by atoms with van der Waals surface area (Å²) >= 11 is 0. The van der Waals surface area contributed by atoms with Crippen molar-refractivity contribution < 1.29 is 5.11 Å². The highest BCUT2D eigenvalue weighted by Crippen LogP contribution is 2.76. The fourth-order valence-electron chi connectivity index (χ4n) is 8.13. The molecule has 1 nitrogen and oxygen atoms in total. The monoisotopic (exact) mass is 300 g/mol. The van der Waals surface area contributed by atoms with Gasteiger partial charge in [-0.25, -0.2) is 0 Å². The molecule has 0 heterocycles. The third-order valence-electron chi connectivity index (χ3n) is 9.09. The van der Waals surface area contributed by atoms with Crippen LogP contribution in [0.3, 0.4) is 0 Å². The van der Waals surface area contributed by atoms with Gasteiger partial charge in [-0.05, 0) is 80.6 Å². The number of rotatable bonds is 1. The largest absolute Gasteiger partial charge is 0.385 e. The SMILES string of the molecule is O[C@@]1(C2=CCCC23CCCC3)CC[C@]12CCCC21CCCC1. The van der Waals surface area contributed by atoms with Crippen LogP contribution in [0.1, 0.15) is 96.3 Å². The van der Waals surface area contributed by atoms with Crippen molar-refractivity contribution in [1.82, 2.24) is 0 Å². The topological polar surface area (TPSA) is 20.2 Å². The van der Waals surface area contributed by atoms with E-state index in [1.54, 1.807) is 5.57 Å². The second-order valence-corrected chi connectivity index (χ2v) is 9.43. The van der Waals surface area contributed by atoms with Gasteiger partial charge in [0.25, 0.3) is 0 Å². The molecule has 0 unspecified atom stereocenters. The Balaban J connectivity index is 1.56. The van der Waals surface area contributed by atoms with E-state index in [2.05, 4.69) is 6.08 Å². The Morgan fingerprint density at radius 2 is 1.36 bits per heavy atom. The molecular weight excluding hydrogens is 268 g/mol. The molecule has 0 radical (unpaired) electrons. The van der Waals surface area contributed by atoms with Gasteiger partial charge in [0.1, 0.15) is 0 Å². The number of allylic oxidation sites excluding steroid dienone is 1. The first-order chi connectivity index (χ1) is 10.7. The second-order valence-electron chi connectivity index (χ2n) is 9.43. The average molecular weight is 300 g/mol. The maximum absolute atomic E-state index is 12.0. The average Bonchev–Trinajstić information content (AvgIpc) is 3.29. The van der Waals surface area contributed by atoms with Gasteiger partial charge in [0.2, 0.25) is 0 Å². The predicted molar refractivity (Wildman–Crippen MR) is 89.6 cm³/mol. The van der Waals surface area contributed by atoms with E-state index in [0.29, 0.717) is 10.8 Å². The van der Waals surface area contributed by atoms with Gasteiger partial charge in [-0.3, -0.25) is 0 Å². The molecule has 0 amide bonds. The van der Waals surface area contributed by atoms with Crippen molar-refractivity contribution in [1.29, 1.82) is 0 Å². The third kappa shape index (κ3) is 1.42. The van der Waals surface area contributed by atoms with Crippen LogP contribution in [-0.2, 0) is 0 Å². The van der Waals surface area contributed by atoms with Crippen molar-refractivity contribution in [2.75, 3.05) is 0 Å². The van der Waals surface area contributed by atoms with Crippen LogP contribution in [0.25, 0.3) is 0 Å². The highest BCUT2D eigenvalue weighted by Gasteiger charge is 2.72. The maximum atomic E-state index is 12.0. The first kappa shape index (κ1) is 14.1. The molecule has 4 fully saturated rings. The Kier molecular flexibility index (Phi) is 2.82. The lowest BCUT2D eigenvalue weighted by Crippen LogP contribution is -2.65. The van der Waals surface area contributed by atoms with Crippen molar-refractivity contribution in [3.05, 3.63) is 11.6 Å². The van der Waals surface area contributed by atoms with E-state index in [9.17, 15) is 5.11 Å². The van der Waals surface area contributed by atoms with Gasteiger partial charge in [-0.15, -0.1) is 0 Å². The molecule has 3 spiro atoms. The van der Waals surface area contributed by atoms with Crippen molar-refractivity contribution in [3.63, 3.8) is 0 Å². The summed E-state index contributed by atoms with van der Waals surface area (Å²) in [5, 5.41) is 12.0. The van der Waals surface area contributed by atoms with Crippen LogP contribution in [0.4, 0.5) is 0 Å².